The Morgan fingerprint density at radius 1 is 1.07 bits per heavy atom. The van der Waals surface area contributed by atoms with E-state index >= 15 is 0 Å². The molecule has 3 aliphatic rings. The van der Waals surface area contributed by atoms with Gasteiger partial charge in [0.2, 0.25) is 5.91 Å². The van der Waals surface area contributed by atoms with E-state index in [0.29, 0.717) is 63.9 Å². The van der Waals surface area contributed by atoms with Crippen molar-refractivity contribution in [3.8, 4) is 34.2 Å². The van der Waals surface area contributed by atoms with Gasteiger partial charge in [-0.1, -0.05) is 51.8 Å². The number of benzene rings is 2. The van der Waals surface area contributed by atoms with Gasteiger partial charge in [-0.15, -0.1) is 0 Å². The van der Waals surface area contributed by atoms with Gasteiger partial charge in [0.05, 0.1) is 58.5 Å². The molecule has 4 aromatic rings. The second kappa shape index (κ2) is 22.3. The van der Waals surface area contributed by atoms with Crippen LogP contribution in [0.5, 0.6) is 0 Å². The van der Waals surface area contributed by atoms with E-state index in [0.717, 1.165) is 0 Å². The van der Waals surface area contributed by atoms with Gasteiger partial charge in [-0.05, 0) is 124 Å². The number of cyclic esters (lactones) is 1. The molecule has 0 aliphatic carbocycles. The maximum Gasteiger partial charge on any atom is 0.406 e. The SMILES string of the molecule is CO[C@@H](C)c1ncccc1-c1c2c3cc(ccc3n1CC(F)(F)F)-c1cc(CF)cc(c1)C[C@H](NC(=O)[C@@H](COC1CN(C(=O)C#CC(C)(C)N(C)C)C1)C(C)C)C(=O)N1CCC[C@@]([Si])(N1)C(=O)OCC(C)(C)C2. The van der Waals surface area contributed by atoms with E-state index in [1.165, 1.54) is 16.7 Å². The Morgan fingerprint density at radius 3 is 2.46 bits per heavy atom. The van der Waals surface area contributed by atoms with Crippen molar-refractivity contribution in [3.63, 3.8) is 0 Å². The summed E-state index contributed by atoms with van der Waals surface area (Å²) in [5, 5.41) is 3.21. The summed E-state index contributed by atoms with van der Waals surface area (Å²) in [6, 6.07) is 12.3. The maximum atomic E-state index is 15.0. The van der Waals surface area contributed by atoms with Crippen LogP contribution in [0.25, 0.3) is 33.3 Å². The van der Waals surface area contributed by atoms with Crippen LogP contribution in [0.2, 0.25) is 0 Å². The molecule has 3 aliphatic heterocycles. The van der Waals surface area contributed by atoms with Crippen molar-refractivity contribution in [2.45, 2.75) is 122 Å². The lowest BCUT2D eigenvalue weighted by Crippen LogP contribution is -2.67. The predicted molar refractivity (Wildman–Crippen MR) is 274 cm³/mol. The monoisotopic (exact) mass is 1040 g/mol. The molecule has 2 aromatic carbocycles. The summed E-state index contributed by atoms with van der Waals surface area (Å²) in [4.78, 5) is 64.4. The third kappa shape index (κ3) is 12.7. The van der Waals surface area contributed by atoms with E-state index in [4.69, 9.17) is 14.2 Å². The van der Waals surface area contributed by atoms with Crippen LogP contribution in [0.15, 0.2) is 54.7 Å². The first-order chi connectivity index (χ1) is 34.7. The highest BCUT2D eigenvalue weighted by molar-refractivity contribution is 6.27. The maximum absolute atomic E-state index is 15.0. The third-order valence-corrected chi connectivity index (χ3v) is 15.0. The van der Waals surface area contributed by atoms with Crippen molar-refractivity contribution in [2.75, 3.05) is 54.1 Å². The first kappa shape index (κ1) is 56.1. The van der Waals surface area contributed by atoms with Crippen molar-refractivity contribution in [3.05, 3.63) is 77.1 Å². The number of halogens is 4. The van der Waals surface area contributed by atoms with Crippen molar-refractivity contribution < 1.29 is 51.0 Å². The lowest BCUT2D eigenvalue weighted by Gasteiger charge is -2.41. The number of fused-ring (bicyclic) bond motifs is 6. The molecule has 0 spiro atoms. The summed E-state index contributed by atoms with van der Waals surface area (Å²) < 4.78 is 78.5. The Kier molecular flexibility index (Phi) is 16.9. The zero-order valence-electron chi connectivity index (χ0n) is 44.0. The number of alkyl halides is 4. The molecule has 14 nitrogen and oxygen atoms in total. The number of hydrazine groups is 1. The number of pyridine rings is 1. The predicted octanol–water partition coefficient (Wildman–Crippen LogP) is 7.10. The highest BCUT2D eigenvalue weighted by Crippen LogP contribution is 2.43. The van der Waals surface area contributed by atoms with Gasteiger partial charge in [-0.3, -0.25) is 34.1 Å². The number of likely N-dealkylation sites (tertiary alicyclic amines) is 1. The first-order valence-corrected chi connectivity index (χ1v) is 25.5. The number of amides is 3. The van der Waals surface area contributed by atoms with Crippen LogP contribution in [0.3, 0.4) is 0 Å². The van der Waals surface area contributed by atoms with E-state index in [-0.39, 0.29) is 68.2 Å². The Labute approximate surface area is 434 Å². The molecular formula is C55H68F4N7O7Si. The molecule has 74 heavy (non-hydrogen) atoms. The van der Waals surface area contributed by atoms with Gasteiger partial charge in [0.25, 0.3) is 11.8 Å². The zero-order chi connectivity index (χ0) is 54.1. The second-order valence-electron chi connectivity index (χ2n) is 21.8. The fraction of sp³-hybridized carbons (Fsp3) is 0.545. The zero-order valence-corrected chi connectivity index (χ0v) is 45.0. The van der Waals surface area contributed by atoms with Gasteiger partial charge in [0, 0.05) is 61.2 Å². The molecular weight excluding hydrogens is 975 g/mol. The summed E-state index contributed by atoms with van der Waals surface area (Å²) in [7, 11) is 8.91. The van der Waals surface area contributed by atoms with Crippen LogP contribution in [0, 0.1) is 29.1 Å². The van der Waals surface area contributed by atoms with Gasteiger partial charge in [0.15, 0.2) is 0 Å². The van der Waals surface area contributed by atoms with E-state index in [9.17, 15) is 36.7 Å². The number of methoxy groups -OCH3 is 1. The van der Waals surface area contributed by atoms with E-state index in [2.05, 4.69) is 37.8 Å². The number of carbonyl (C=O) groups is 4. The summed E-state index contributed by atoms with van der Waals surface area (Å²) in [6.07, 6.45) is -3.36. The molecule has 19 heteroatoms. The van der Waals surface area contributed by atoms with Crippen LogP contribution in [0.4, 0.5) is 17.6 Å². The van der Waals surface area contributed by atoms with Crippen molar-refractivity contribution >= 4 is 44.8 Å². The van der Waals surface area contributed by atoms with E-state index in [1.807, 2.05) is 60.5 Å². The molecule has 0 saturated carbocycles. The first-order valence-electron chi connectivity index (χ1n) is 25.0. The Bertz CT molecular complexity index is 2820. The molecule has 4 atom stereocenters. The summed E-state index contributed by atoms with van der Waals surface area (Å²) in [6.45, 7) is 11.5. The molecule has 397 valence electrons. The molecule has 2 aromatic heterocycles. The number of rotatable bonds is 12. The molecule has 0 unspecified atom stereocenters. The average molecular weight is 1040 g/mol. The number of nitrogens with one attached hydrogen (secondary N) is 2. The summed E-state index contributed by atoms with van der Waals surface area (Å²) in [5.74, 6) is 2.70. The normalized spacial score (nSPS) is 20.6. The largest absolute Gasteiger partial charge is 0.464 e. The molecule has 3 amide bonds. The number of ether oxygens (including phenoxy) is 3. The molecule has 2 N–H and O–H groups in total. The Morgan fingerprint density at radius 2 is 1.80 bits per heavy atom. The number of aromatic nitrogens is 2. The summed E-state index contributed by atoms with van der Waals surface area (Å²) in [5.41, 5.74) is 5.56. The van der Waals surface area contributed by atoms with Gasteiger partial charge >= 0.3 is 12.1 Å². The number of hydrogen-bond acceptors (Lipinski definition) is 10. The molecule has 3 radical (unpaired) electrons. The van der Waals surface area contributed by atoms with Crippen LogP contribution in [-0.4, -0.2) is 141 Å². The van der Waals surface area contributed by atoms with Crippen molar-refractivity contribution in [1.82, 2.24) is 35.1 Å². The topological polar surface area (TPSA) is 148 Å². The van der Waals surface area contributed by atoms with Crippen LogP contribution in [0.1, 0.15) is 89.8 Å². The lowest BCUT2D eigenvalue weighted by molar-refractivity contribution is -0.158. The smallest absolute Gasteiger partial charge is 0.406 e. The molecule has 6 bridgehead atoms. The minimum absolute atomic E-state index is 0.00328. The van der Waals surface area contributed by atoms with E-state index < -0.39 is 71.4 Å². The molecule has 2 fully saturated rings. The number of hydrogen-bond donors (Lipinski definition) is 2. The van der Waals surface area contributed by atoms with Crippen LogP contribution >= 0.6 is 0 Å². The van der Waals surface area contributed by atoms with Crippen LogP contribution in [-0.2, 0) is 59.4 Å². The van der Waals surface area contributed by atoms with E-state index in [1.54, 1.807) is 66.6 Å². The lowest BCUT2D eigenvalue weighted by atomic mass is 9.84. The van der Waals surface area contributed by atoms with Gasteiger partial charge in [0.1, 0.15) is 24.4 Å². The Hall–Kier alpha value is -5.65. The van der Waals surface area contributed by atoms with Crippen molar-refractivity contribution in [2.24, 2.45) is 17.3 Å². The molecule has 2 saturated heterocycles. The van der Waals surface area contributed by atoms with Crippen molar-refractivity contribution in [1.29, 1.82) is 0 Å². The van der Waals surface area contributed by atoms with Crippen LogP contribution < -0.4 is 10.7 Å². The van der Waals surface area contributed by atoms with Gasteiger partial charge in [-0.25, -0.2) is 9.82 Å². The third-order valence-electron chi connectivity index (χ3n) is 14.4. The molecule has 7 rings (SSSR count). The standard InChI is InChI=1S/C55H68F4N7O7Si/c1-33(2)43(30-72-39-28-64(29-39)46(67)16-18-53(6,7)63(8)9)49(68)61-44-24-35-21-36(27-56)23-38(22-35)37-14-15-45-41(25-37)42(26-52(4,5)32-73-51(70)54(74)17-12-20-66(62-54)50(44)69)48(65(45)31-55(57,58)59)40-13-11-19-60-47(40)34(3)71-10/h11,13-15,19,21-23,25,33-34,39,43-44,62H,12,17,20,24,26-32H2,1-10H3,(H,61,68)/t34-,43-,44-,54-/m0/s1. The van der Waals surface area contributed by atoms with Gasteiger partial charge in [-0.2, -0.15) is 13.2 Å². The second-order valence-corrected chi connectivity index (χ2v) is 22.6. The number of esters is 1. The van der Waals surface area contributed by atoms with Gasteiger partial charge < -0.3 is 29.0 Å². The average Bonchev–Trinajstić information content (AvgIpc) is 3.61. The highest BCUT2D eigenvalue weighted by Gasteiger charge is 2.44. The fourth-order valence-corrected chi connectivity index (χ4v) is 9.89. The Balaban J connectivity index is 1.28. The quantitative estimate of drug-likeness (QED) is 0.0653. The minimum atomic E-state index is -4.64. The fourth-order valence-electron chi connectivity index (χ4n) is 9.50. The summed E-state index contributed by atoms with van der Waals surface area (Å²) >= 11 is 0. The highest BCUT2D eigenvalue weighted by atomic mass is 28.1. The minimum Gasteiger partial charge on any atom is -0.464 e. The number of nitrogens with zero attached hydrogens (tertiary/aromatic N) is 5. The molecule has 5 heterocycles. The number of carbonyl (C=O) groups excluding carboxylic acids is 4.